The van der Waals surface area contributed by atoms with Crippen LogP contribution in [0, 0.1) is 0 Å². The molecular formula is C11H14N2. The lowest BCUT2D eigenvalue weighted by Crippen LogP contribution is -1.92. The standard InChI is InChI=1S/C11H14N2/c1-3-9-5-6-11-10(7-9)8-13(4-2)12-11/h5-8H,3-4H2,1-2H3. The van der Waals surface area contributed by atoms with Crippen LogP contribution in [0.2, 0.25) is 0 Å². The Kier molecular flexibility index (Phi) is 2.05. The van der Waals surface area contributed by atoms with Gasteiger partial charge in [0.25, 0.3) is 0 Å². The molecule has 1 heterocycles. The summed E-state index contributed by atoms with van der Waals surface area (Å²) in [7, 11) is 0. The van der Waals surface area contributed by atoms with Gasteiger partial charge in [0.1, 0.15) is 0 Å². The molecule has 0 aliphatic carbocycles. The first-order valence-electron chi connectivity index (χ1n) is 4.79. The van der Waals surface area contributed by atoms with Gasteiger partial charge < -0.3 is 0 Å². The van der Waals surface area contributed by atoms with E-state index in [2.05, 4.69) is 43.3 Å². The highest BCUT2D eigenvalue weighted by molar-refractivity contribution is 5.78. The predicted octanol–water partition coefficient (Wildman–Crippen LogP) is 2.62. The van der Waals surface area contributed by atoms with Gasteiger partial charge in [-0.1, -0.05) is 13.0 Å². The molecule has 2 heteroatoms. The average Bonchev–Trinajstić information content (AvgIpc) is 2.58. The van der Waals surface area contributed by atoms with Gasteiger partial charge >= 0.3 is 0 Å². The largest absolute Gasteiger partial charge is 0.272 e. The van der Waals surface area contributed by atoms with Gasteiger partial charge in [-0.05, 0) is 31.0 Å². The molecule has 0 radical (unpaired) electrons. The highest BCUT2D eigenvalue weighted by atomic mass is 15.3. The molecule has 0 unspecified atom stereocenters. The second-order valence-corrected chi connectivity index (χ2v) is 3.23. The van der Waals surface area contributed by atoms with Gasteiger partial charge in [0.2, 0.25) is 0 Å². The molecule has 1 aromatic heterocycles. The van der Waals surface area contributed by atoms with Gasteiger partial charge in [-0.15, -0.1) is 0 Å². The average molecular weight is 174 g/mol. The van der Waals surface area contributed by atoms with Crippen molar-refractivity contribution in [2.24, 2.45) is 0 Å². The summed E-state index contributed by atoms with van der Waals surface area (Å²) in [6.45, 7) is 5.22. The van der Waals surface area contributed by atoms with E-state index in [1.165, 1.54) is 10.9 Å². The number of hydrogen-bond donors (Lipinski definition) is 0. The maximum atomic E-state index is 4.42. The van der Waals surface area contributed by atoms with Crippen molar-refractivity contribution in [2.75, 3.05) is 0 Å². The van der Waals surface area contributed by atoms with Crippen LogP contribution in [0.4, 0.5) is 0 Å². The van der Waals surface area contributed by atoms with E-state index in [0.29, 0.717) is 0 Å². The molecule has 2 nitrogen and oxygen atoms in total. The Morgan fingerprint density at radius 1 is 1.31 bits per heavy atom. The van der Waals surface area contributed by atoms with Gasteiger partial charge in [-0.3, -0.25) is 4.68 Å². The van der Waals surface area contributed by atoms with E-state index in [1.807, 2.05) is 4.68 Å². The van der Waals surface area contributed by atoms with Crippen LogP contribution >= 0.6 is 0 Å². The molecule has 0 bridgehead atoms. The fourth-order valence-corrected chi connectivity index (χ4v) is 1.51. The minimum absolute atomic E-state index is 0.941. The minimum Gasteiger partial charge on any atom is -0.272 e. The molecule has 0 saturated heterocycles. The fraction of sp³-hybridized carbons (Fsp3) is 0.364. The zero-order valence-corrected chi connectivity index (χ0v) is 8.12. The number of fused-ring (bicyclic) bond motifs is 1. The summed E-state index contributed by atoms with van der Waals surface area (Å²) in [5.74, 6) is 0. The summed E-state index contributed by atoms with van der Waals surface area (Å²) < 4.78 is 1.98. The summed E-state index contributed by atoms with van der Waals surface area (Å²) in [4.78, 5) is 0. The smallest absolute Gasteiger partial charge is 0.0923 e. The maximum absolute atomic E-state index is 4.42. The van der Waals surface area contributed by atoms with Crippen molar-refractivity contribution in [1.82, 2.24) is 9.78 Å². The van der Waals surface area contributed by atoms with Crippen molar-refractivity contribution in [2.45, 2.75) is 26.8 Å². The van der Waals surface area contributed by atoms with Crippen LogP contribution in [0.5, 0.6) is 0 Å². The molecule has 2 aromatic rings. The van der Waals surface area contributed by atoms with Crippen molar-refractivity contribution < 1.29 is 0 Å². The Bertz CT molecular complexity index is 413. The van der Waals surface area contributed by atoms with Crippen LogP contribution in [-0.4, -0.2) is 9.78 Å². The van der Waals surface area contributed by atoms with E-state index in [9.17, 15) is 0 Å². The monoisotopic (exact) mass is 174 g/mol. The normalized spacial score (nSPS) is 10.9. The van der Waals surface area contributed by atoms with Crippen molar-refractivity contribution in [3.8, 4) is 0 Å². The van der Waals surface area contributed by atoms with Crippen molar-refractivity contribution in [3.05, 3.63) is 30.0 Å². The Morgan fingerprint density at radius 3 is 2.85 bits per heavy atom. The number of rotatable bonds is 2. The van der Waals surface area contributed by atoms with Gasteiger partial charge in [-0.25, -0.2) is 0 Å². The molecule has 0 spiro atoms. The van der Waals surface area contributed by atoms with Crippen LogP contribution in [-0.2, 0) is 13.0 Å². The molecule has 0 aliphatic heterocycles. The number of aryl methyl sites for hydroxylation is 2. The minimum atomic E-state index is 0.941. The first-order chi connectivity index (χ1) is 6.33. The molecular weight excluding hydrogens is 160 g/mol. The van der Waals surface area contributed by atoms with Crippen LogP contribution < -0.4 is 0 Å². The van der Waals surface area contributed by atoms with Crippen molar-refractivity contribution in [3.63, 3.8) is 0 Å². The molecule has 0 N–H and O–H groups in total. The third-order valence-corrected chi connectivity index (χ3v) is 2.35. The zero-order valence-electron chi connectivity index (χ0n) is 8.12. The molecule has 0 saturated carbocycles. The molecule has 0 fully saturated rings. The van der Waals surface area contributed by atoms with Gasteiger partial charge in [-0.2, -0.15) is 5.10 Å². The molecule has 0 atom stereocenters. The quantitative estimate of drug-likeness (QED) is 0.684. The fourth-order valence-electron chi connectivity index (χ4n) is 1.51. The third kappa shape index (κ3) is 1.44. The highest BCUT2D eigenvalue weighted by Crippen LogP contribution is 2.14. The zero-order chi connectivity index (χ0) is 9.26. The SMILES string of the molecule is CCc1ccc2nn(CC)cc2c1. The van der Waals surface area contributed by atoms with Crippen molar-refractivity contribution >= 4 is 10.9 Å². The van der Waals surface area contributed by atoms with Crippen LogP contribution in [0.1, 0.15) is 19.4 Å². The molecule has 13 heavy (non-hydrogen) atoms. The van der Waals surface area contributed by atoms with E-state index in [1.54, 1.807) is 0 Å². The Labute approximate surface area is 78.2 Å². The summed E-state index contributed by atoms with van der Waals surface area (Å²) in [6.07, 6.45) is 3.20. The maximum Gasteiger partial charge on any atom is 0.0923 e. The summed E-state index contributed by atoms with van der Waals surface area (Å²) in [5.41, 5.74) is 2.47. The lowest BCUT2D eigenvalue weighted by atomic mass is 10.1. The Hall–Kier alpha value is -1.31. The van der Waals surface area contributed by atoms with Gasteiger partial charge in [0.05, 0.1) is 5.52 Å². The molecule has 1 aromatic carbocycles. The summed E-state index contributed by atoms with van der Waals surface area (Å²) in [6, 6.07) is 6.46. The number of benzene rings is 1. The van der Waals surface area contributed by atoms with Gasteiger partial charge in [0.15, 0.2) is 0 Å². The van der Waals surface area contributed by atoms with E-state index in [-0.39, 0.29) is 0 Å². The highest BCUT2D eigenvalue weighted by Gasteiger charge is 1.99. The molecule has 0 aliphatic rings. The van der Waals surface area contributed by atoms with Crippen LogP contribution in [0.3, 0.4) is 0 Å². The predicted molar refractivity (Wildman–Crippen MR) is 54.8 cm³/mol. The lowest BCUT2D eigenvalue weighted by molar-refractivity contribution is 0.668. The lowest BCUT2D eigenvalue weighted by Gasteiger charge is -1.93. The Balaban J connectivity index is 2.57. The third-order valence-electron chi connectivity index (χ3n) is 2.35. The van der Waals surface area contributed by atoms with E-state index in [0.717, 1.165) is 18.5 Å². The van der Waals surface area contributed by atoms with E-state index in [4.69, 9.17) is 0 Å². The van der Waals surface area contributed by atoms with Crippen LogP contribution in [0.15, 0.2) is 24.4 Å². The van der Waals surface area contributed by atoms with E-state index >= 15 is 0 Å². The first-order valence-corrected chi connectivity index (χ1v) is 4.79. The van der Waals surface area contributed by atoms with Gasteiger partial charge in [0, 0.05) is 18.1 Å². The Morgan fingerprint density at radius 2 is 2.15 bits per heavy atom. The van der Waals surface area contributed by atoms with Crippen LogP contribution in [0.25, 0.3) is 10.9 Å². The molecule has 0 amide bonds. The number of aromatic nitrogens is 2. The molecule has 2 rings (SSSR count). The second kappa shape index (κ2) is 3.21. The van der Waals surface area contributed by atoms with E-state index < -0.39 is 0 Å². The second-order valence-electron chi connectivity index (χ2n) is 3.23. The number of hydrogen-bond acceptors (Lipinski definition) is 1. The molecule has 68 valence electrons. The summed E-state index contributed by atoms with van der Waals surface area (Å²) >= 11 is 0. The number of nitrogens with zero attached hydrogens (tertiary/aromatic N) is 2. The summed E-state index contributed by atoms with van der Waals surface area (Å²) in [5, 5.41) is 5.67. The first kappa shape index (κ1) is 8.30. The van der Waals surface area contributed by atoms with Crippen molar-refractivity contribution in [1.29, 1.82) is 0 Å². The topological polar surface area (TPSA) is 17.8 Å².